The molecule has 0 bridgehead atoms. The molecule has 0 aliphatic carbocycles. The molecule has 2 unspecified atom stereocenters. The minimum atomic E-state index is -0.476. The van der Waals surface area contributed by atoms with E-state index in [4.69, 9.17) is 4.74 Å². The standard InChI is InChI=1S/C15H28N2O3/c1-10(2)11(9-20-6)17-8-7-12(18)16-13(14(17)19)15(3,4)5/h10-11,13H,7-9H2,1-6H3,(H,16,18). The molecule has 2 amide bonds. The van der Waals surface area contributed by atoms with Crippen molar-refractivity contribution in [1.82, 2.24) is 10.2 Å². The summed E-state index contributed by atoms with van der Waals surface area (Å²) in [4.78, 5) is 26.5. The van der Waals surface area contributed by atoms with Gasteiger partial charge in [-0.2, -0.15) is 0 Å². The van der Waals surface area contributed by atoms with E-state index >= 15 is 0 Å². The van der Waals surface area contributed by atoms with Crippen LogP contribution in [0.25, 0.3) is 0 Å². The first kappa shape index (κ1) is 17.0. The monoisotopic (exact) mass is 284 g/mol. The van der Waals surface area contributed by atoms with E-state index < -0.39 is 6.04 Å². The first-order valence-corrected chi connectivity index (χ1v) is 7.27. The molecule has 0 radical (unpaired) electrons. The summed E-state index contributed by atoms with van der Waals surface area (Å²) < 4.78 is 5.26. The van der Waals surface area contributed by atoms with Crippen LogP contribution in [0, 0.1) is 11.3 Å². The Labute approximate surface area is 122 Å². The molecule has 0 spiro atoms. The van der Waals surface area contributed by atoms with Crippen LogP contribution in [-0.2, 0) is 14.3 Å². The van der Waals surface area contributed by atoms with Crippen LogP contribution < -0.4 is 5.32 Å². The molecule has 5 heteroatoms. The Kier molecular flexibility index (Phi) is 5.57. The summed E-state index contributed by atoms with van der Waals surface area (Å²) in [5.74, 6) is 0.229. The number of nitrogens with zero attached hydrogens (tertiary/aromatic N) is 1. The maximum Gasteiger partial charge on any atom is 0.246 e. The van der Waals surface area contributed by atoms with E-state index in [-0.39, 0.29) is 29.2 Å². The Morgan fingerprint density at radius 3 is 2.40 bits per heavy atom. The SMILES string of the molecule is COCC(C(C)C)N1CCC(=O)NC(C(C)(C)C)C1=O. The number of amides is 2. The van der Waals surface area contributed by atoms with Crippen molar-refractivity contribution in [2.75, 3.05) is 20.3 Å². The quantitative estimate of drug-likeness (QED) is 0.849. The number of carbonyl (C=O) groups excluding carboxylic acids is 2. The van der Waals surface area contributed by atoms with E-state index in [1.54, 1.807) is 7.11 Å². The fourth-order valence-corrected chi connectivity index (χ4v) is 2.52. The predicted octanol–water partition coefficient (Wildman–Crippen LogP) is 1.42. The number of nitrogens with one attached hydrogen (secondary N) is 1. The summed E-state index contributed by atoms with van der Waals surface area (Å²) in [7, 11) is 1.64. The predicted molar refractivity (Wildman–Crippen MR) is 78.2 cm³/mol. The first-order chi connectivity index (χ1) is 9.18. The van der Waals surface area contributed by atoms with Gasteiger partial charge in [0, 0.05) is 20.1 Å². The average Bonchev–Trinajstić information content (AvgIpc) is 2.46. The molecule has 1 fully saturated rings. The van der Waals surface area contributed by atoms with Gasteiger partial charge >= 0.3 is 0 Å². The van der Waals surface area contributed by atoms with Crippen LogP contribution in [0.2, 0.25) is 0 Å². The summed E-state index contributed by atoms with van der Waals surface area (Å²) >= 11 is 0. The Balaban J connectivity index is 3.05. The van der Waals surface area contributed by atoms with Crippen LogP contribution in [-0.4, -0.2) is 49.1 Å². The van der Waals surface area contributed by atoms with Crippen molar-refractivity contribution < 1.29 is 14.3 Å². The summed E-state index contributed by atoms with van der Waals surface area (Å²) in [5, 5.41) is 2.86. The second-order valence-corrected chi connectivity index (χ2v) is 6.91. The van der Waals surface area contributed by atoms with Crippen LogP contribution in [0.15, 0.2) is 0 Å². The lowest BCUT2D eigenvalue weighted by Crippen LogP contribution is -2.55. The zero-order valence-corrected chi connectivity index (χ0v) is 13.5. The van der Waals surface area contributed by atoms with E-state index in [1.807, 2.05) is 25.7 Å². The second kappa shape index (κ2) is 6.57. The van der Waals surface area contributed by atoms with Crippen molar-refractivity contribution in [3.8, 4) is 0 Å². The van der Waals surface area contributed by atoms with Crippen molar-refractivity contribution in [3.63, 3.8) is 0 Å². The summed E-state index contributed by atoms with van der Waals surface area (Å²) in [6.45, 7) is 11.0. The zero-order chi connectivity index (χ0) is 15.5. The number of methoxy groups -OCH3 is 1. The van der Waals surface area contributed by atoms with Gasteiger partial charge in [0.1, 0.15) is 6.04 Å². The molecule has 1 aliphatic rings. The molecule has 0 aromatic carbocycles. The molecule has 2 atom stereocenters. The number of rotatable bonds is 4. The van der Waals surface area contributed by atoms with Gasteiger partial charge in [-0.15, -0.1) is 0 Å². The highest BCUT2D eigenvalue weighted by Gasteiger charge is 2.40. The minimum Gasteiger partial charge on any atom is -0.383 e. The summed E-state index contributed by atoms with van der Waals surface area (Å²) in [6, 6.07) is -0.472. The lowest BCUT2D eigenvalue weighted by Gasteiger charge is -2.37. The Morgan fingerprint density at radius 1 is 1.35 bits per heavy atom. The molecule has 20 heavy (non-hydrogen) atoms. The van der Waals surface area contributed by atoms with Crippen molar-refractivity contribution >= 4 is 11.8 Å². The second-order valence-electron chi connectivity index (χ2n) is 6.91. The van der Waals surface area contributed by atoms with Crippen molar-refractivity contribution in [1.29, 1.82) is 0 Å². The molecular weight excluding hydrogens is 256 g/mol. The fraction of sp³-hybridized carbons (Fsp3) is 0.867. The third-order valence-corrected chi connectivity index (χ3v) is 3.79. The highest BCUT2D eigenvalue weighted by atomic mass is 16.5. The first-order valence-electron chi connectivity index (χ1n) is 7.27. The summed E-state index contributed by atoms with van der Waals surface area (Å²) in [5.41, 5.74) is -0.302. The molecule has 0 aromatic rings. The lowest BCUT2D eigenvalue weighted by molar-refractivity contribution is -0.140. The summed E-state index contributed by atoms with van der Waals surface area (Å²) in [6.07, 6.45) is 0.352. The molecule has 5 nitrogen and oxygen atoms in total. The van der Waals surface area contributed by atoms with E-state index in [2.05, 4.69) is 19.2 Å². The number of hydrogen-bond donors (Lipinski definition) is 1. The molecule has 1 aliphatic heterocycles. The smallest absolute Gasteiger partial charge is 0.246 e. The number of carbonyl (C=O) groups is 2. The molecule has 1 N–H and O–H groups in total. The topological polar surface area (TPSA) is 58.6 Å². The van der Waals surface area contributed by atoms with Crippen molar-refractivity contribution in [2.45, 2.75) is 53.1 Å². The highest BCUT2D eigenvalue weighted by Crippen LogP contribution is 2.25. The van der Waals surface area contributed by atoms with Gasteiger partial charge < -0.3 is 15.0 Å². The van der Waals surface area contributed by atoms with Gasteiger partial charge in [-0.05, 0) is 11.3 Å². The number of ether oxygens (including phenoxy) is 1. The van der Waals surface area contributed by atoms with Gasteiger partial charge in [-0.3, -0.25) is 9.59 Å². The van der Waals surface area contributed by atoms with Gasteiger partial charge in [0.2, 0.25) is 11.8 Å². The molecule has 1 heterocycles. The Hall–Kier alpha value is -1.10. The van der Waals surface area contributed by atoms with Crippen LogP contribution in [0.5, 0.6) is 0 Å². The Morgan fingerprint density at radius 2 is 1.95 bits per heavy atom. The lowest BCUT2D eigenvalue weighted by atomic mass is 9.85. The van der Waals surface area contributed by atoms with Gasteiger partial charge in [-0.25, -0.2) is 0 Å². The third kappa shape index (κ3) is 3.95. The Bertz CT molecular complexity index is 361. The molecule has 1 rings (SSSR count). The fourth-order valence-electron chi connectivity index (χ4n) is 2.52. The molecule has 0 aromatic heterocycles. The van der Waals surface area contributed by atoms with E-state index in [0.29, 0.717) is 19.6 Å². The zero-order valence-electron chi connectivity index (χ0n) is 13.5. The van der Waals surface area contributed by atoms with E-state index in [1.165, 1.54) is 0 Å². The average molecular weight is 284 g/mol. The normalized spacial score (nSPS) is 22.8. The van der Waals surface area contributed by atoms with Crippen molar-refractivity contribution in [3.05, 3.63) is 0 Å². The van der Waals surface area contributed by atoms with E-state index in [9.17, 15) is 9.59 Å². The molecule has 0 saturated carbocycles. The van der Waals surface area contributed by atoms with Gasteiger partial charge in [-0.1, -0.05) is 34.6 Å². The maximum atomic E-state index is 12.8. The van der Waals surface area contributed by atoms with Crippen molar-refractivity contribution in [2.24, 2.45) is 11.3 Å². The van der Waals surface area contributed by atoms with Gasteiger partial charge in [0.05, 0.1) is 12.6 Å². The highest BCUT2D eigenvalue weighted by molar-refractivity contribution is 5.90. The number of hydrogen-bond acceptors (Lipinski definition) is 3. The van der Waals surface area contributed by atoms with Gasteiger partial charge in [0.15, 0.2) is 0 Å². The third-order valence-electron chi connectivity index (χ3n) is 3.79. The van der Waals surface area contributed by atoms with E-state index in [0.717, 1.165) is 0 Å². The minimum absolute atomic E-state index is 0.000833. The molecule has 116 valence electrons. The molecular formula is C15H28N2O3. The molecule has 1 saturated heterocycles. The van der Waals surface area contributed by atoms with Gasteiger partial charge in [0.25, 0.3) is 0 Å². The van der Waals surface area contributed by atoms with Crippen LogP contribution in [0.4, 0.5) is 0 Å². The largest absolute Gasteiger partial charge is 0.383 e. The van der Waals surface area contributed by atoms with Crippen LogP contribution >= 0.6 is 0 Å². The van der Waals surface area contributed by atoms with Crippen LogP contribution in [0.3, 0.4) is 0 Å². The maximum absolute atomic E-state index is 12.8. The van der Waals surface area contributed by atoms with Crippen LogP contribution in [0.1, 0.15) is 41.0 Å².